The van der Waals surface area contributed by atoms with Gasteiger partial charge >= 0.3 is 0 Å². The van der Waals surface area contributed by atoms with Crippen LogP contribution in [-0.4, -0.2) is 15.2 Å². The van der Waals surface area contributed by atoms with Crippen LogP contribution in [0.15, 0.2) is 29.1 Å². The molecule has 13 heavy (non-hydrogen) atoms. The summed E-state index contributed by atoms with van der Waals surface area (Å²) in [7, 11) is 0. The van der Waals surface area contributed by atoms with Crippen molar-refractivity contribution in [1.29, 1.82) is 0 Å². The van der Waals surface area contributed by atoms with Gasteiger partial charge in [-0.2, -0.15) is 0 Å². The highest BCUT2D eigenvalue weighted by Gasteiger charge is 1.98. The van der Waals surface area contributed by atoms with Crippen LogP contribution in [0, 0.1) is 0 Å². The molecule has 2 aromatic heterocycles. The van der Waals surface area contributed by atoms with Gasteiger partial charge in [-0.15, -0.1) is 10.2 Å². The summed E-state index contributed by atoms with van der Waals surface area (Å²) in [4.78, 5) is 3.73. The zero-order valence-electron chi connectivity index (χ0n) is 6.64. The molecule has 0 saturated heterocycles. The Morgan fingerprint density at radius 1 is 1.31 bits per heavy atom. The largest absolute Gasteiger partial charge is 0.428 e. The number of nitrogens with zero attached hydrogens (tertiary/aromatic N) is 3. The van der Waals surface area contributed by atoms with Gasteiger partial charge in [-0.25, -0.2) is 4.98 Å². The zero-order chi connectivity index (χ0) is 9.10. The molecule has 0 fully saturated rings. The lowest BCUT2D eigenvalue weighted by Gasteiger charge is -1.98. The molecule has 0 saturated carbocycles. The van der Waals surface area contributed by atoms with Crippen LogP contribution in [0.1, 0.15) is 0 Å². The number of nitrogen functional groups attached to an aromatic ring is 1. The fraction of sp³-hybridized carbons (Fsp3) is 0. The van der Waals surface area contributed by atoms with E-state index in [0.29, 0.717) is 17.5 Å². The predicted molar refractivity (Wildman–Crippen MR) is 46.2 cm³/mol. The maximum atomic E-state index is 5.36. The van der Waals surface area contributed by atoms with Gasteiger partial charge in [0.1, 0.15) is 5.82 Å². The molecule has 0 radical (unpaired) electrons. The quantitative estimate of drug-likeness (QED) is 0.704. The lowest BCUT2D eigenvalue weighted by molar-refractivity contribution is 0.574. The minimum atomic E-state index is 0.378. The first-order valence-electron chi connectivity index (χ1n) is 3.59. The van der Waals surface area contributed by atoms with Gasteiger partial charge in [-0.3, -0.25) is 0 Å². The molecule has 0 aliphatic rings. The van der Waals surface area contributed by atoms with Crippen LogP contribution in [0.4, 0.5) is 17.5 Å². The van der Waals surface area contributed by atoms with Gasteiger partial charge in [0.25, 0.3) is 0 Å². The average Bonchev–Trinajstić information content (AvgIpc) is 2.62. The Morgan fingerprint density at radius 3 is 2.85 bits per heavy atom. The summed E-state index contributed by atoms with van der Waals surface area (Å²) >= 11 is 0. The number of oxazole rings is 1. The predicted octanol–water partition coefficient (Wildman–Crippen LogP) is 0.790. The molecular weight excluding hydrogens is 170 g/mol. The third-order valence-electron chi connectivity index (χ3n) is 1.37. The van der Waals surface area contributed by atoms with E-state index in [1.54, 1.807) is 12.1 Å². The molecule has 0 aliphatic heterocycles. The summed E-state index contributed by atoms with van der Waals surface area (Å²) in [5.74, 6) is 1.45. The second-order valence-electron chi connectivity index (χ2n) is 2.33. The molecular formula is C7H7N5O. The highest BCUT2D eigenvalue weighted by atomic mass is 16.4. The first-order valence-corrected chi connectivity index (χ1v) is 3.59. The smallest absolute Gasteiger partial charge is 0.219 e. The van der Waals surface area contributed by atoms with E-state index in [0.717, 1.165) is 0 Å². The van der Waals surface area contributed by atoms with Gasteiger partial charge in [-0.05, 0) is 12.1 Å². The van der Waals surface area contributed by atoms with E-state index >= 15 is 0 Å². The van der Waals surface area contributed by atoms with E-state index in [-0.39, 0.29) is 0 Å². The number of rotatable bonds is 2. The summed E-state index contributed by atoms with van der Waals surface area (Å²) in [5, 5.41) is 10.3. The normalized spacial score (nSPS) is 9.85. The second kappa shape index (κ2) is 3.10. The van der Waals surface area contributed by atoms with Crippen LogP contribution in [0.5, 0.6) is 0 Å². The van der Waals surface area contributed by atoms with Crippen LogP contribution < -0.4 is 11.1 Å². The molecule has 6 heteroatoms. The number of aromatic nitrogens is 3. The molecule has 0 bridgehead atoms. The minimum Gasteiger partial charge on any atom is -0.428 e. The van der Waals surface area contributed by atoms with Crippen molar-refractivity contribution in [1.82, 2.24) is 15.2 Å². The number of anilines is 3. The number of nitrogens with one attached hydrogen (secondary N) is 1. The standard InChI is InChI=1S/C7H7N5O/c8-5-1-2-6(12-11-5)10-7-3-9-4-13-7/h1-4H,(H2,8,11)(H,10,12). The first-order chi connectivity index (χ1) is 6.34. The van der Waals surface area contributed by atoms with Gasteiger partial charge in [0, 0.05) is 0 Å². The van der Waals surface area contributed by atoms with Crippen LogP contribution in [0.2, 0.25) is 0 Å². The van der Waals surface area contributed by atoms with Gasteiger partial charge in [0.05, 0.1) is 6.20 Å². The molecule has 0 amide bonds. The van der Waals surface area contributed by atoms with E-state index in [9.17, 15) is 0 Å². The molecule has 0 unspecified atom stereocenters. The number of hydrogen-bond donors (Lipinski definition) is 2. The first kappa shape index (κ1) is 7.53. The Hall–Kier alpha value is -2.11. The Kier molecular flexibility index (Phi) is 1.79. The Labute approximate surface area is 73.8 Å². The molecule has 0 aliphatic carbocycles. The minimum absolute atomic E-state index is 0.378. The summed E-state index contributed by atoms with van der Waals surface area (Å²) in [6, 6.07) is 3.34. The lowest BCUT2D eigenvalue weighted by Crippen LogP contribution is -1.97. The van der Waals surface area contributed by atoms with Crippen molar-refractivity contribution < 1.29 is 4.42 Å². The van der Waals surface area contributed by atoms with Crippen molar-refractivity contribution in [3.8, 4) is 0 Å². The Morgan fingerprint density at radius 2 is 2.23 bits per heavy atom. The third kappa shape index (κ3) is 1.73. The highest BCUT2D eigenvalue weighted by Crippen LogP contribution is 2.12. The van der Waals surface area contributed by atoms with Crippen LogP contribution >= 0.6 is 0 Å². The topological polar surface area (TPSA) is 89.9 Å². The van der Waals surface area contributed by atoms with Gasteiger partial charge in [-0.1, -0.05) is 0 Å². The molecule has 2 aromatic rings. The van der Waals surface area contributed by atoms with E-state index < -0.39 is 0 Å². The van der Waals surface area contributed by atoms with Crippen molar-refractivity contribution in [2.75, 3.05) is 11.1 Å². The Bertz CT molecular complexity index is 368. The molecule has 0 aromatic carbocycles. The number of hydrogen-bond acceptors (Lipinski definition) is 6. The average molecular weight is 177 g/mol. The van der Waals surface area contributed by atoms with Gasteiger partial charge in [0.15, 0.2) is 12.2 Å². The molecule has 2 heterocycles. The van der Waals surface area contributed by atoms with Gasteiger partial charge < -0.3 is 15.5 Å². The van der Waals surface area contributed by atoms with Crippen molar-refractivity contribution in [2.45, 2.75) is 0 Å². The van der Waals surface area contributed by atoms with Crippen molar-refractivity contribution in [2.24, 2.45) is 0 Å². The molecule has 2 rings (SSSR count). The summed E-state index contributed by atoms with van der Waals surface area (Å²) in [6.07, 6.45) is 2.87. The molecule has 66 valence electrons. The second-order valence-corrected chi connectivity index (χ2v) is 2.33. The van der Waals surface area contributed by atoms with Crippen LogP contribution in [0.25, 0.3) is 0 Å². The van der Waals surface area contributed by atoms with Crippen LogP contribution in [0.3, 0.4) is 0 Å². The zero-order valence-corrected chi connectivity index (χ0v) is 6.64. The summed E-state index contributed by atoms with van der Waals surface area (Å²) < 4.78 is 4.95. The Balaban J connectivity index is 2.15. The maximum absolute atomic E-state index is 5.36. The van der Waals surface area contributed by atoms with Crippen molar-refractivity contribution in [3.05, 3.63) is 24.7 Å². The maximum Gasteiger partial charge on any atom is 0.219 e. The van der Waals surface area contributed by atoms with Gasteiger partial charge in [0.2, 0.25) is 5.88 Å². The van der Waals surface area contributed by atoms with E-state index in [1.807, 2.05) is 0 Å². The molecule has 0 spiro atoms. The number of nitrogens with two attached hydrogens (primary N) is 1. The van der Waals surface area contributed by atoms with E-state index in [2.05, 4.69) is 20.5 Å². The van der Waals surface area contributed by atoms with Crippen molar-refractivity contribution in [3.63, 3.8) is 0 Å². The summed E-state index contributed by atoms with van der Waals surface area (Å²) in [6.45, 7) is 0. The highest BCUT2D eigenvalue weighted by molar-refractivity contribution is 5.48. The fourth-order valence-electron chi connectivity index (χ4n) is 0.813. The SMILES string of the molecule is Nc1ccc(Nc2cnco2)nn1. The molecule has 0 atom stereocenters. The van der Waals surface area contributed by atoms with E-state index in [1.165, 1.54) is 12.6 Å². The molecule has 3 N–H and O–H groups in total. The third-order valence-corrected chi connectivity index (χ3v) is 1.37. The summed E-state index contributed by atoms with van der Waals surface area (Å²) in [5.41, 5.74) is 5.36. The van der Waals surface area contributed by atoms with Crippen LogP contribution in [-0.2, 0) is 0 Å². The molecule has 6 nitrogen and oxygen atoms in total. The van der Waals surface area contributed by atoms with Crippen molar-refractivity contribution >= 4 is 17.5 Å². The monoisotopic (exact) mass is 177 g/mol. The lowest BCUT2D eigenvalue weighted by atomic mass is 10.5. The fourth-order valence-corrected chi connectivity index (χ4v) is 0.813. The van der Waals surface area contributed by atoms with E-state index in [4.69, 9.17) is 10.2 Å².